The molecular formula is C12H15N5O. The molecule has 0 saturated carbocycles. The van der Waals surface area contributed by atoms with E-state index in [-0.39, 0.29) is 11.9 Å². The number of amides is 1. The monoisotopic (exact) mass is 245 g/mol. The number of rotatable bonds is 1. The van der Waals surface area contributed by atoms with E-state index >= 15 is 0 Å². The summed E-state index contributed by atoms with van der Waals surface area (Å²) >= 11 is 0. The topological polar surface area (TPSA) is 66.8 Å². The molecule has 0 aromatic carbocycles. The third kappa shape index (κ3) is 1.53. The molecule has 2 aromatic heterocycles. The van der Waals surface area contributed by atoms with Crippen LogP contribution in [0.2, 0.25) is 0 Å². The van der Waals surface area contributed by atoms with Gasteiger partial charge in [0.2, 0.25) is 5.82 Å². The van der Waals surface area contributed by atoms with Crippen molar-refractivity contribution < 1.29 is 4.79 Å². The van der Waals surface area contributed by atoms with Crippen molar-refractivity contribution in [2.24, 2.45) is 0 Å². The van der Waals surface area contributed by atoms with Crippen LogP contribution in [0, 0.1) is 6.92 Å². The minimum absolute atomic E-state index is 0.0602. The molecule has 1 aliphatic heterocycles. The SMILES string of the molecule is Cc1ccc2n1CCN(C(=O)c1ncn[nH]1)C2C. The van der Waals surface area contributed by atoms with Gasteiger partial charge in [-0.1, -0.05) is 0 Å². The number of carbonyl (C=O) groups excluding carboxylic acids is 1. The molecule has 1 amide bonds. The largest absolute Gasteiger partial charge is 0.345 e. The lowest BCUT2D eigenvalue weighted by atomic mass is 10.1. The smallest absolute Gasteiger partial charge is 0.291 e. The zero-order valence-corrected chi connectivity index (χ0v) is 10.4. The summed E-state index contributed by atoms with van der Waals surface area (Å²) in [5, 5.41) is 6.35. The molecule has 0 bridgehead atoms. The first-order chi connectivity index (χ1) is 8.68. The number of aromatic nitrogens is 4. The van der Waals surface area contributed by atoms with E-state index < -0.39 is 0 Å². The van der Waals surface area contributed by atoms with E-state index in [0.29, 0.717) is 12.4 Å². The van der Waals surface area contributed by atoms with Crippen molar-refractivity contribution in [2.45, 2.75) is 26.4 Å². The van der Waals surface area contributed by atoms with Gasteiger partial charge in [0, 0.05) is 24.5 Å². The highest BCUT2D eigenvalue weighted by atomic mass is 16.2. The number of fused-ring (bicyclic) bond motifs is 1. The van der Waals surface area contributed by atoms with E-state index in [1.54, 1.807) is 0 Å². The maximum absolute atomic E-state index is 12.3. The van der Waals surface area contributed by atoms with Gasteiger partial charge in [0.05, 0.1) is 6.04 Å². The third-order valence-electron chi connectivity index (χ3n) is 3.57. The molecule has 3 rings (SSSR count). The van der Waals surface area contributed by atoms with Crippen LogP contribution in [0.3, 0.4) is 0 Å². The Bertz CT molecular complexity index is 571. The van der Waals surface area contributed by atoms with Crippen LogP contribution in [0.25, 0.3) is 0 Å². The van der Waals surface area contributed by atoms with Gasteiger partial charge in [-0.25, -0.2) is 4.98 Å². The van der Waals surface area contributed by atoms with Gasteiger partial charge in [0.15, 0.2) is 0 Å². The molecule has 1 unspecified atom stereocenters. The van der Waals surface area contributed by atoms with E-state index in [1.807, 2.05) is 11.8 Å². The van der Waals surface area contributed by atoms with E-state index in [2.05, 4.69) is 38.8 Å². The van der Waals surface area contributed by atoms with Crippen molar-refractivity contribution in [2.75, 3.05) is 6.54 Å². The standard InChI is InChI=1S/C12H15N5O/c1-8-3-4-10-9(2)17(6-5-16(8)10)12(18)11-13-7-14-15-11/h3-4,7,9H,5-6H2,1-2H3,(H,13,14,15). The predicted molar refractivity (Wildman–Crippen MR) is 65.0 cm³/mol. The van der Waals surface area contributed by atoms with E-state index in [1.165, 1.54) is 17.7 Å². The second-order valence-corrected chi connectivity index (χ2v) is 4.56. The molecule has 18 heavy (non-hydrogen) atoms. The lowest BCUT2D eigenvalue weighted by molar-refractivity contribution is 0.0630. The van der Waals surface area contributed by atoms with Crippen molar-refractivity contribution in [1.82, 2.24) is 24.6 Å². The lowest BCUT2D eigenvalue weighted by Crippen LogP contribution is -2.41. The van der Waals surface area contributed by atoms with Crippen LogP contribution in [-0.4, -0.2) is 37.1 Å². The highest BCUT2D eigenvalue weighted by Gasteiger charge is 2.30. The van der Waals surface area contributed by atoms with Gasteiger partial charge in [-0.3, -0.25) is 9.89 Å². The zero-order valence-electron chi connectivity index (χ0n) is 10.4. The first-order valence-electron chi connectivity index (χ1n) is 6.01. The Labute approximate surface area is 105 Å². The van der Waals surface area contributed by atoms with Crippen LogP contribution < -0.4 is 0 Å². The van der Waals surface area contributed by atoms with Crippen LogP contribution in [-0.2, 0) is 6.54 Å². The summed E-state index contributed by atoms with van der Waals surface area (Å²) in [5.74, 6) is 0.212. The summed E-state index contributed by atoms with van der Waals surface area (Å²) in [6.45, 7) is 5.66. The van der Waals surface area contributed by atoms with Gasteiger partial charge in [-0.2, -0.15) is 5.10 Å². The van der Waals surface area contributed by atoms with Crippen LogP contribution in [0.1, 0.15) is 35.0 Å². The molecule has 3 heterocycles. The number of hydrogen-bond donors (Lipinski definition) is 1. The summed E-state index contributed by atoms with van der Waals surface area (Å²) in [6.07, 6.45) is 1.36. The van der Waals surface area contributed by atoms with Crippen LogP contribution in [0.5, 0.6) is 0 Å². The lowest BCUT2D eigenvalue weighted by Gasteiger charge is -2.34. The van der Waals surface area contributed by atoms with Crippen molar-refractivity contribution in [1.29, 1.82) is 0 Å². The molecule has 2 aromatic rings. The molecule has 94 valence electrons. The summed E-state index contributed by atoms with van der Waals surface area (Å²) in [6, 6.07) is 4.23. The summed E-state index contributed by atoms with van der Waals surface area (Å²) in [4.78, 5) is 18.0. The molecule has 6 nitrogen and oxygen atoms in total. The van der Waals surface area contributed by atoms with Crippen LogP contribution >= 0.6 is 0 Å². The molecule has 0 aliphatic carbocycles. The van der Waals surface area contributed by atoms with Crippen molar-refractivity contribution in [3.63, 3.8) is 0 Å². The summed E-state index contributed by atoms with van der Waals surface area (Å²) in [5.41, 5.74) is 2.41. The number of nitrogens with one attached hydrogen (secondary N) is 1. The average Bonchev–Trinajstić information content (AvgIpc) is 2.99. The molecular weight excluding hydrogens is 230 g/mol. The van der Waals surface area contributed by atoms with Gasteiger partial charge < -0.3 is 9.47 Å². The van der Waals surface area contributed by atoms with Crippen LogP contribution in [0.15, 0.2) is 18.5 Å². The minimum Gasteiger partial charge on any atom is -0.345 e. The van der Waals surface area contributed by atoms with Gasteiger partial charge in [0.25, 0.3) is 5.91 Å². The Morgan fingerprint density at radius 3 is 3.00 bits per heavy atom. The quantitative estimate of drug-likeness (QED) is 0.819. The highest BCUT2D eigenvalue weighted by molar-refractivity contribution is 5.90. The molecule has 1 atom stereocenters. The van der Waals surface area contributed by atoms with Crippen LogP contribution in [0.4, 0.5) is 0 Å². The maximum Gasteiger partial charge on any atom is 0.291 e. The molecule has 6 heteroatoms. The number of nitrogens with zero attached hydrogens (tertiary/aromatic N) is 4. The zero-order chi connectivity index (χ0) is 12.7. The van der Waals surface area contributed by atoms with Gasteiger partial charge in [-0.05, 0) is 26.0 Å². The van der Waals surface area contributed by atoms with E-state index in [4.69, 9.17) is 0 Å². The maximum atomic E-state index is 12.3. The second-order valence-electron chi connectivity index (χ2n) is 4.56. The summed E-state index contributed by atoms with van der Waals surface area (Å²) < 4.78 is 2.26. The van der Waals surface area contributed by atoms with Gasteiger partial charge >= 0.3 is 0 Å². The van der Waals surface area contributed by atoms with E-state index in [0.717, 1.165) is 6.54 Å². The minimum atomic E-state index is -0.0925. The fourth-order valence-electron chi connectivity index (χ4n) is 2.54. The molecule has 0 saturated heterocycles. The van der Waals surface area contributed by atoms with Crippen molar-refractivity contribution >= 4 is 5.91 Å². The van der Waals surface area contributed by atoms with Crippen molar-refractivity contribution in [3.05, 3.63) is 35.7 Å². The van der Waals surface area contributed by atoms with Gasteiger partial charge in [-0.15, -0.1) is 0 Å². The molecule has 0 fully saturated rings. The third-order valence-corrected chi connectivity index (χ3v) is 3.57. The Morgan fingerprint density at radius 1 is 1.44 bits per heavy atom. The Balaban J connectivity index is 1.91. The Morgan fingerprint density at radius 2 is 2.28 bits per heavy atom. The first-order valence-corrected chi connectivity index (χ1v) is 6.01. The average molecular weight is 245 g/mol. The number of aryl methyl sites for hydroxylation is 1. The normalized spacial score (nSPS) is 18.8. The number of aromatic amines is 1. The number of H-pyrrole nitrogens is 1. The number of carbonyl (C=O) groups is 1. The first kappa shape index (κ1) is 11.0. The predicted octanol–water partition coefficient (Wildman–Crippen LogP) is 1.13. The molecule has 1 aliphatic rings. The Kier molecular flexibility index (Phi) is 2.43. The number of hydrogen-bond acceptors (Lipinski definition) is 3. The van der Waals surface area contributed by atoms with Gasteiger partial charge in [0.1, 0.15) is 6.33 Å². The highest BCUT2D eigenvalue weighted by Crippen LogP contribution is 2.27. The second kappa shape index (κ2) is 3.97. The fraction of sp³-hybridized carbons (Fsp3) is 0.417. The summed E-state index contributed by atoms with van der Waals surface area (Å²) in [7, 11) is 0. The van der Waals surface area contributed by atoms with Crippen molar-refractivity contribution in [3.8, 4) is 0 Å². The molecule has 0 spiro atoms. The van der Waals surface area contributed by atoms with E-state index in [9.17, 15) is 4.79 Å². The fourth-order valence-corrected chi connectivity index (χ4v) is 2.54. The molecule has 0 radical (unpaired) electrons. The Hall–Kier alpha value is -2.11. The molecule has 1 N–H and O–H groups in total.